The quantitative estimate of drug-likeness (QED) is 0.609. The average Bonchev–Trinajstić information content (AvgIpc) is 2.17. The van der Waals surface area contributed by atoms with Crippen LogP contribution < -0.4 is 0 Å². The zero-order valence-electron chi connectivity index (χ0n) is 8.43. The van der Waals surface area contributed by atoms with Crippen LogP contribution in [0.5, 0.6) is 0 Å². The van der Waals surface area contributed by atoms with E-state index in [9.17, 15) is 9.18 Å². The van der Waals surface area contributed by atoms with Crippen molar-refractivity contribution in [1.82, 2.24) is 0 Å². The first-order valence-electron chi connectivity index (χ1n) is 4.71. The summed E-state index contributed by atoms with van der Waals surface area (Å²) in [7, 11) is 0. The van der Waals surface area contributed by atoms with E-state index in [-0.39, 0.29) is 18.0 Å². The summed E-state index contributed by atoms with van der Waals surface area (Å²) in [5, 5.41) is 0. The Bertz CT molecular complexity index is 352. The summed E-state index contributed by atoms with van der Waals surface area (Å²) in [4.78, 5) is 11.5. The van der Waals surface area contributed by atoms with Gasteiger partial charge in [-0.3, -0.25) is 4.79 Å². The molecule has 1 aromatic rings. The van der Waals surface area contributed by atoms with E-state index in [4.69, 9.17) is 4.74 Å². The highest BCUT2D eigenvalue weighted by Crippen LogP contribution is 2.15. The second kappa shape index (κ2) is 5.98. The maximum atomic E-state index is 13.3. The zero-order chi connectivity index (χ0) is 11.3. The van der Waals surface area contributed by atoms with Gasteiger partial charge in [0.1, 0.15) is 12.4 Å². The monoisotopic (exact) mass is 274 g/mol. The van der Waals surface area contributed by atoms with Crippen LogP contribution in [-0.4, -0.2) is 19.0 Å². The molecule has 0 spiro atoms. The van der Waals surface area contributed by atoms with Crippen LogP contribution in [0, 0.1) is 5.82 Å². The van der Waals surface area contributed by atoms with E-state index >= 15 is 0 Å². The molecule has 0 aliphatic rings. The normalized spacial score (nSPS) is 10.3. The van der Waals surface area contributed by atoms with Gasteiger partial charge in [-0.25, -0.2) is 4.39 Å². The number of Topliss-reactive ketones (excluding diaryl/α,β-unsaturated/α-hetero) is 1. The third-order valence-electron chi connectivity index (χ3n) is 1.81. The maximum absolute atomic E-state index is 13.3. The van der Waals surface area contributed by atoms with Gasteiger partial charge in [0.2, 0.25) is 0 Å². The number of ether oxygens (including phenoxy) is 1. The molecular formula is C11H12BrFO2. The number of hydrogen-bond donors (Lipinski definition) is 0. The molecule has 0 bridgehead atoms. The fourth-order valence-corrected chi connectivity index (χ4v) is 1.44. The van der Waals surface area contributed by atoms with Crippen LogP contribution in [0.3, 0.4) is 0 Å². The SMILES string of the molecule is CCCOCC(=O)c1ccc(Br)cc1F. The van der Waals surface area contributed by atoms with E-state index in [1.807, 2.05) is 6.92 Å². The molecule has 15 heavy (non-hydrogen) atoms. The van der Waals surface area contributed by atoms with Crippen molar-refractivity contribution in [3.63, 3.8) is 0 Å². The number of carbonyl (C=O) groups is 1. The molecule has 0 aliphatic carbocycles. The van der Waals surface area contributed by atoms with E-state index in [1.165, 1.54) is 12.1 Å². The third-order valence-corrected chi connectivity index (χ3v) is 2.31. The Kier molecular flexibility index (Phi) is 4.91. The van der Waals surface area contributed by atoms with Crippen LogP contribution in [0.1, 0.15) is 23.7 Å². The lowest BCUT2D eigenvalue weighted by Gasteiger charge is -2.03. The van der Waals surface area contributed by atoms with E-state index in [0.717, 1.165) is 6.42 Å². The Morgan fingerprint density at radius 1 is 1.53 bits per heavy atom. The summed E-state index contributed by atoms with van der Waals surface area (Å²) in [6.07, 6.45) is 0.843. The summed E-state index contributed by atoms with van der Waals surface area (Å²) in [5.41, 5.74) is 0.0781. The minimum Gasteiger partial charge on any atom is -0.373 e. The average molecular weight is 275 g/mol. The molecule has 0 N–H and O–H groups in total. The molecular weight excluding hydrogens is 263 g/mol. The molecule has 0 aliphatic heterocycles. The van der Waals surface area contributed by atoms with Crippen LogP contribution >= 0.6 is 15.9 Å². The molecule has 0 saturated heterocycles. The van der Waals surface area contributed by atoms with Gasteiger partial charge in [-0.2, -0.15) is 0 Å². The molecule has 0 fully saturated rings. The fourth-order valence-electron chi connectivity index (χ4n) is 1.10. The van der Waals surface area contributed by atoms with Crippen LogP contribution in [0.2, 0.25) is 0 Å². The number of halogens is 2. The van der Waals surface area contributed by atoms with Crippen molar-refractivity contribution in [2.75, 3.05) is 13.2 Å². The van der Waals surface area contributed by atoms with Crippen LogP contribution in [0.4, 0.5) is 4.39 Å². The summed E-state index contributed by atoms with van der Waals surface area (Å²) in [5.74, 6) is -0.845. The largest absolute Gasteiger partial charge is 0.373 e. The van der Waals surface area contributed by atoms with Crippen molar-refractivity contribution < 1.29 is 13.9 Å². The standard InChI is InChI=1S/C11H12BrFO2/c1-2-5-15-7-11(14)9-4-3-8(12)6-10(9)13/h3-4,6H,2,5,7H2,1H3. The smallest absolute Gasteiger partial charge is 0.191 e. The van der Waals surface area contributed by atoms with Crippen LogP contribution in [-0.2, 0) is 4.74 Å². The minimum absolute atomic E-state index is 0.0631. The Labute approximate surface area is 96.6 Å². The summed E-state index contributed by atoms with van der Waals surface area (Å²) >= 11 is 3.13. The highest BCUT2D eigenvalue weighted by atomic mass is 79.9. The lowest BCUT2D eigenvalue weighted by atomic mass is 10.1. The molecule has 0 saturated carbocycles. The van der Waals surface area contributed by atoms with Crippen molar-refractivity contribution in [2.45, 2.75) is 13.3 Å². The van der Waals surface area contributed by atoms with E-state index in [0.29, 0.717) is 11.1 Å². The molecule has 0 radical (unpaired) electrons. The summed E-state index contributed by atoms with van der Waals surface area (Å²) in [6, 6.07) is 4.36. The predicted octanol–water partition coefficient (Wildman–Crippen LogP) is 3.20. The Hall–Kier alpha value is -0.740. The maximum Gasteiger partial charge on any atom is 0.191 e. The van der Waals surface area contributed by atoms with E-state index < -0.39 is 5.82 Å². The zero-order valence-corrected chi connectivity index (χ0v) is 10.0. The number of carbonyl (C=O) groups excluding carboxylic acids is 1. The minimum atomic E-state index is -0.519. The number of hydrogen-bond acceptors (Lipinski definition) is 2. The first kappa shape index (κ1) is 12.3. The second-order valence-corrected chi connectivity index (χ2v) is 4.02. The van der Waals surface area contributed by atoms with Gasteiger partial charge in [-0.15, -0.1) is 0 Å². The van der Waals surface area contributed by atoms with Gasteiger partial charge >= 0.3 is 0 Å². The van der Waals surface area contributed by atoms with E-state index in [2.05, 4.69) is 15.9 Å². The van der Waals surface area contributed by atoms with Gasteiger partial charge in [-0.05, 0) is 24.6 Å². The molecule has 0 amide bonds. The Morgan fingerprint density at radius 3 is 2.87 bits per heavy atom. The number of benzene rings is 1. The van der Waals surface area contributed by atoms with Gasteiger partial charge in [0.05, 0.1) is 5.56 Å². The van der Waals surface area contributed by atoms with Crippen molar-refractivity contribution in [3.8, 4) is 0 Å². The molecule has 0 heterocycles. The molecule has 1 rings (SSSR count). The Morgan fingerprint density at radius 2 is 2.27 bits per heavy atom. The molecule has 0 atom stereocenters. The summed E-state index contributed by atoms with van der Waals surface area (Å²) < 4.78 is 19.0. The lowest BCUT2D eigenvalue weighted by Crippen LogP contribution is -2.11. The van der Waals surface area contributed by atoms with Crippen molar-refractivity contribution in [1.29, 1.82) is 0 Å². The van der Waals surface area contributed by atoms with Crippen LogP contribution in [0.15, 0.2) is 22.7 Å². The number of rotatable bonds is 5. The van der Waals surface area contributed by atoms with Crippen molar-refractivity contribution in [2.24, 2.45) is 0 Å². The topological polar surface area (TPSA) is 26.3 Å². The highest BCUT2D eigenvalue weighted by Gasteiger charge is 2.11. The van der Waals surface area contributed by atoms with Gasteiger partial charge in [0.15, 0.2) is 5.78 Å². The Balaban J connectivity index is 2.65. The fraction of sp³-hybridized carbons (Fsp3) is 0.364. The summed E-state index contributed by atoms with van der Waals surface area (Å²) in [6.45, 7) is 2.40. The molecule has 1 aromatic carbocycles. The highest BCUT2D eigenvalue weighted by molar-refractivity contribution is 9.10. The van der Waals surface area contributed by atoms with Gasteiger partial charge < -0.3 is 4.74 Å². The van der Waals surface area contributed by atoms with E-state index in [1.54, 1.807) is 6.07 Å². The van der Waals surface area contributed by atoms with Gasteiger partial charge in [0.25, 0.3) is 0 Å². The third kappa shape index (κ3) is 3.72. The number of ketones is 1. The predicted molar refractivity (Wildman–Crippen MR) is 59.5 cm³/mol. The van der Waals surface area contributed by atoms with Crippen molar-refractivity contribution >= 4 is 21.7 Å². The van der Waals surface area contributed by atoms with Gasteiger partial charge in [-0.1, -0.05) is 22.9 Å². The second-order valence-electron chi connectivity index (χ2n) is 3.10. The first-order chi connectivity index (χ1) is 7.15. The van der Waals surface area contributed by atoms with Crippen molar-refractivity contribution in [3.05, 3.63) is 34.1 Å². The molecule has 82 valence electrons. The molecule has 0 unspecified atom stereocenters. The molecule has 2 nitrogen and oxygen atoms in total. The van der Waals surface area contributed by atoms with Crippen LogP contribution in [0.25, 0.3) is 0 Å². The first-order valence-corrected chi connectivity index (χ1v) is 5.50. The van der Waals surface area contributed by atoms with Gasteiger partial charge in [0, 0.05) is 11.1 Å². The lowest BCUT2D eigenvalue weighted by molar-refractivity contribution is 0.0757. The molecule has 4 heteroatoms. The molecule has 0 aromatic heterocycles.